The Labute approximate surface area is 145 Å². The second-order valence-corrected chi connectivity index (χ2v) is 9.47. The lowest BCUT2D eigenvalue weighted by Gasteiger charge is -2.33. The van der Waals surface area contributed by atoms with E-state index in [1.165, 1.54) is 24.3 Å². The molecule has 1 amide bonds. The molecule has 0 spiro atoms. The van der Waals surface area contributed by atoms with E-state index in [9.17, 15) is 17.6 Å². The third-order valence-electron chi connectivity index (χ3n) is 3.48. The van der Waals surface area contributed by atoms with Gasteiger partial charge >= 0.3 is 0 Å². The molecule has 0 radical (unpaired) electrons. The first kappa shape index (κ1) is 16.6. The minimum absolute atomic E-state index is 0.0453. The first-order valence-electron chi connectivity index (χ1n) is 6.70. The Morgan fingerprint density at radius 2 is 2.00 bits per heavy atom. The van der Waals surface area contributed by atoms with E-state index in [4.69, 9.17) is 0 Å². The van der Waals surface area contributed by atoms with Crippen LogP contribution >= 0.6 is 27.3 Å². The molecule has 1 aromatic carbocycles. The summed E-state index contributed by atoms with van der Waals surface area (Å²) in [4.78, 5) is 12.3. The van der Waals surface area contributed by atoms with Gasteiger partial charge in [-0.25, -0.2) is 12.8 Å². The first-order chi connectivity index (χ1) is 10.9. The van der Waals surface area contributed by atoms with Crippen LogP contribution in [0.3, 0.4) is 0 Å². The standard InChI is InChI=1S/C14H12BrFN2O3S2/c15-11-5-6-12(22-11)23(20,21)18-8-7-17-14(19)13(18)9-3-1-2-4-10(9)16/h1-6,13H,7-8H2,(H,17,19). The Bertz CT molecular complexity index is 853. The average Bonchev–Trinajstić information content (AvgIpc) is 2.95. The largest absolute Gasteiger partial charge is 0.353 e. The molecular formula is C14H12BrFN2O3S2. The van der Waals surface area contributed by atoms with E-state index in [-0.39, 0.29) is 22.9 Å². The molecule has 5 nitrogen and oxygen atoms in total. The van der Waals surface area contributed by atoms with Crippen molar-refractivity contribution in [1.82, 2.24) is 9.62 Å². The summed E-state index contributed by atoms with van der Waals surface area (Å²) in [7, 11) is -3.89. The SMILES string of the molecule is O=C1NCCN(S(=O)(=O)c2ccc(Br)s2)C1c1ccccc1F. The second-order valence-electron chi connectivity index (χ2n) is 4.89. The summed E-state index contributed by atoms with van der Waals surface area (Å²) >= 11 is 4.28. The number of piperazine rings is 1. The molecule has 1 N–H and O–H groups in total. The molecule has 1 atom stereocenters. The predicted octanol–water partition coefficient (Wildman–Crippen LogP) is 2.51. The van der Waals surface area contributed by atoms with E-state index in [0.29, 0.717) is 3.79 Å². The average molecular weight is 419 g/mol. The number of hydrogen-bond donors (Lipinski definition) is 1. The zero-order valence-corrected chi connectivity index (χ0v) is 14.9. The molecule has 9 heteroatoms. The maximum atomic E-state index is 14.1. The monoisotopic (exact) mass is 418 g/mol. The van der Waals surface area contributed by atoms with Crippen LogP contribution in [0.15, 0.2) is 44.4 Å². The van der Waals surface area contributed by atoms with E-state index >= 15 is 0 Å². The maximum absolute atomic E-state index is 14.1. The van der Waals surface area contributed by atoms with Crippen molar-refractivity contribution in [2.75, 3.05) is 13.1 Å². The van der Waals surface area contributed by atoms with Crippen molar-refractivity contribution in [2.24, 2.45) is 0 Å². The third-order valence-corrected chi connectivity index (χ3v) is 7.43. The zero-order chi connectivity index (χ0) is 16.6. The van der Waals surface area contributed by atoms with Crippen molar-refractivity contribution in [3.05, 3.63) is 51.6 Å². The highest BCUT2D eigenvalue weighted by Gasteiger charge is 2.41. The van der Waals surface area contributed by atoms with Crippen LogP contribution in [0.2, 0.25) is 0 Å². The van der Waals surface area contributed by atoms with Crippen molar-refractivity contribution in [3.63, 3.8) is 0 Å². The van der Waals surface area contributed by atoms with Gasteiger partial charge in [-0.1, -0.05) is 18.2 Å². The molecule has 1 aliphatic heterocycles. The van der Waals surface area contributed by atoms with Gasteiger partial charge in [0.25, 0.3) is 10.0 Å². The Morgan fingerprint density at radius 3 is 2.65 bits per heavy atom. The number of benzene rings is 1. The van der Waals surface area contributed by atoms with Gasteiger partial charge in [0.15, 0.2) is 0 Å². The maximum Gasteiger partial charge on any atom is 0.253 e. The number of halogens is 2. The summed E-state index contributed by atoms with van der Waals surface area (Å²) in [5, 5.41) is 2.60. The van der Waals surface area contributed by atoms with Crippen LogP contribution < -0.4 is 5.32 Å². The minimum atomic E-state index is -3.89. The highest BCUT2D eigenvalue weighted by molar-refractivity contribution is 9.11. The molecule has 1 unspecified atom stereocenters. The number of amides is 1. The van der Waals surface area contributed by atoms with Crippen molar-refractivity contribution in [2.45, 2.75) is 10.3 Å². The number of sulfonamides is 1. The predicted molar refractivity (Wildman–Crippen MR) is 88.1 cm³/mol. The molecule has 3 rings (SSSR count). The van der Waals surface area contributed by atoms with Gasteiger partial charge in [0.1, 0.15) is 16.1 Å². The van der Waals surface area contributed by atoms with E-state index in [0.717, 1.165) is 15.6 Å². The number of rotatable bonds is 3. The fraction of sp³-hybridized carbons (Fsp3) is 0.214. The fourth-order valence-corrected chi connectivity index (χ4v) is 6.16. The lowest BCUT2D eigenvalue weighted by molar-refractivity contribution is -0.127. The number of thiophene rings is 1. The van der Waals surface area contributed by atoms with Crippen molar-refractivity contribution < 1.29 is 17.6 Å². The molecule has 0 aliphatic carbocycles. The molecule has 122 valence electrons. The Morgan fingerprint density at radius 1 is 1.26 bits per heavy atom. The topological polar surface area (TPSA) is 66.5 Å². The van der Waals surface area contributed by atoms with Crippen LogP contribution in [0.25, 0.3) is 0 Å². The number of nitrogens with zero attached hydrogens (tertiary/aromatic N) is 1. The minimum Gasteiger partial charge on any atom is -0.353 e. The number of carbonyl (C=O) groups excluding carboxylic acids is 1. The van der Waals surface area contributed by atoms with Gasteiger partial charge in [-0.15, -0.1) is 11.3 Å². The highest BCUT2D eigenvalue weighted by atomic mass is 79.9. The van der Waals surface area contributed by atoms with Crippen LogP contribution in [-0.4, -0.2) is 31.7 Å². The Hall–Kier alpha value is -1.29. The van der Waals surface area contributed by atoms with Crippen molar-refractivity contribution >= 4 is 43.2 Å². The molecule has 2 aromatic rings. The smallest absolute Gasteiger partial charge is 0.253 e. The molecule has 1 saturated heterocycles. The van der Waals surface area contributed by atoms with Gasteiger partial charge in [-0.2, -0.15) is 4.31 Å². The number of carbonyl (C=O) groups is 1. The number of nitrogens with one attached hydrogen (secondary N) is 1. The molecule has 1 fully saturated rings. The lowest BCUT2D eigenvalue weighted by Crippen LogP contribution is -2.52. The van der Waals surface area contributed by atoms with Crippen LogP contribution in [0, 0.1) is 5.82 Å². The van der Waals surface area contributed by atoms with Gasteiger partial charge in [0.2, 0.25) is 5.91 Å². The molecule has 2 heterocycles. The van der Waals surface area contributed by atoms with Gasteiger partial charge < -0.3 is 5.32 Å². The summed E-state index contributed by atoms with van der Waals surface area (Å²) in [6.45, 7) is 0.276. The second kappa shape index (κ2) is 6.31. The van der Waals surface area contributed by atoms with Crippen LogP contribution in [0.1, 0.15) is 11.6 Å². The normalized spacial score (nSPS) is 19.6. The molecular weight excluding hydrogens is 407 g/mol. The molecule has 0 bridgehead atoms. The van der Waals surface area contributed by atoms with Crippen LogP contribution in [0.5, 0.6) is 0 Å². The lowest BCUT2D eigenvalue weighted by atomic mass is 10.0. The summed E-state index contributed by atoms with van der Waals surface area (Å²) in [6, 6.07) is 7.59. The van der Waals surface area contributed by atoms with E-state index in [1.54, 1.807) is 12.1 Å². The van der Waals surface area contributed by atoms with E-state index in [1.807, 2.05) is 0 Å². The highest BCUT2D eigenvalue weighted by Crippen LogP contribution is 2.34. The van der Waals surface area contributed by atoms with E-state index < -0.39 is 27.8 Å². The molecule has 1 aliphatic rings. The van der Waals surface area contributed by atoms with Gasteiger partial charge in [-0.05, 0) is 34.1 Å². The summed E-state index contributed by atoms with van der Waals surface area (Å²) < 4.78 is 41.7. The third kappa shape index (κ3) is 3.06. The van der Waals surface area contributed by atoms with Gasteiger partial charge in [0.05, 0.1) is 3.79 Å². The van der Waals surface area contributed by atoms with Crippen LogP contribution in [0.4, 0.5) is 4.39 Å². The fourth-order valence-electron chi connectivity index (χ4n) is 2.45. The number of hydrogen-bond acceptors (Lipinski definition) is 4. The quantitative estimate of drug-likeness (QED) is 0.832. The molecule has 23 heavy (non-hydrogen) atoms. The van der Waals surface area contributed by atoms with E-state index in [2.05, 4.69) is 21.2 Å². The summed E-state index contributed by atoms with van der Waals surface area (Å²) in [5.41, 5.74) is 0.0453. The van der Waals surface area contributed by atoms with Crippen molar-refractivity contribution in [3.8, 4) is 0 Å². The first-order valence-corrected chi connectivity index (χ1v) is 9.75. The van der Waals surface area contributed by atoms with Gasteiger partial charge in [-0.3, -0.25) is 4.79 Å². The Balaban J connectivity index is 2.09. The summed E-state index contributed by atoms with van der Waals surface area (Å²) in [5.74, 6) is -1.14. The van der Waals surface area contributed by atoms with Crippen molar-refractivity contribution in [1.29, 1.82) is 0 Å². The summed E-state index contributed by atoms with van der Waals surface area (Å²) in [6.07, 6.45) is 0. The molecule has 0 saturated carbocycles. The van der Waals surface area contributed by atoms with Gasteiger partial charge in [0, 0.05) is 18.7 Å². The molecule has 1 aromatic heterocycles. The Kier molecular flexibility index (Phi) is 4.54. The van der Waals surface area contributed by atoms with Crippen LogP contribution in [-0.2, 0) is 14.8 Å². The zero-order valence-electron chi connectivity index (χ0n) is 11.7.